The van der Waals surface area contributed by atoms with E-state index in [0.29, 0.717) is 22.8 Å². The number of carbonyl (C=O) groups is 1. The van der Waals surface area contributed by atoms with Crippen LogP contribution in [0.25, 0.3) is 11.1 Å². The van der Waals surface area contributed by atoms with Crippen molar-refractivity contribution < 1.29 is 32.5 Å². The second-order valence-electron chi connectivity index (χ2n) is 6.56. The Kier molecular flexibility index (Phi) is 6.76. The Morgan fingerprint density at radius 1 is 1.03 bits per heavy atom. The van der Waals surface area contributed by atoms with E-state index in [1.807, 2.05) is 0 Å². The fourth-order valence-corrected chi connectivity index (χ4v) is 2.79. The summed E-state index contributed by atoms with van der Waals surface area (Å²) in [5, 5.41) is 9.07. The van der Waals surface area contributed by atoms with Crippen molar-refractivity contribution in [1.82, 2.24) is 4.98 Å². The summed E-state index contributed by atoms with van der Waals surface area (Å²) >= 11 is 0. The number of pyridine rings is 1. The van der Waals surface area contributed by atoms with Crippen molar-refractivity contribution in [1.29, 1.82) is 0 Å². The number of hydrogen-bond acceptors (Lipinski definition) is 5. The Balaban J connectivity index is 1.90. The van der Waals surface area contributed by atoms with Crippen LogP contribution in [0.15, 0.2) is 48.5 Å². The molecule has 1 heterocycles. The standard InChI is InChI=1S/C22H19F3N2O4/c1-2-19(22(28)29)31-21-18(25)10-17(24)20(27-21)30-15-5-3-4-12(9-15)13-6-7-16(23)14(8-13)11-26/h3-10,19H,2,11,26H2,1H3,(H,28,29). The van der Waals surface area contributed by atoms with Gasteiger partial charge in [-0.1, -0.05) is 25.1 Å². The molecule has 0 amide bonds. The lowest BCUT2D eigenvalue weighted by Crippen LogP contribution is -2.26. The summed E-state index contributed by atoms with van der Waals surface area (Å²) in [5.41, 5.74) is 7.18. The first-order valence-electron chi connectivity index (χ1n) is 9.34. The summed E-state index contributed by atoms with van der Waals surface area (Å²) in [6.07, 6.45) is -1.30. The molecular formula is C22H19F3N2O4. The molecule has 0 fully saturated rings. The number of hydrogen-bond donors (Lipinski definition) is 2. The topological polar surface area (TPSA) is 94.7 Å². The average Bonchev–Trinajstić information content (AvgIpc) is 2.75. The van der Waals surface area contributed by atoms with Crippen molar-refractivity contribution in [2.75, 3.05) is 0 Å². The summed E-state index contributed by atoms with van der Waals surface area (Å²) in [5.74, 6) is -5.08. The monoisotopic (exact) mass is 432 g/mol. The van der Waals surface area contributed by atoms with Crippen LogP contribution in [-0.4, -0.2) is 22.2 Å². The molecule has 0 bridgehead atoms. The molecule has 1 aromatic heterocycles. The maximum absolute atomic E-state index is 14.2. The van der Waals surface area contributed by atoms with Gasteiger partial charge in [-0.25, -0.2) is 18.0 Å². The maximum atomic E-state index is 14.2. The smallest absolute Gasteiger partial charge is 0.344 e. The van der Waals surface area contributed by atoms with Crippen LogP contribution in [0.4, 0.5) is 13.2 Å². The molecule has 162 valence electrons. The van der Waals surface area contributed by atoms with Gasteiger partial charge in [0.15, 0.2) is 17.7 Å². The van der Waals surface area contributed by atoms with Crippen LogP contribution < -0.4 is 15.2 Å². The summed E-state index contributed by atoms with van der Waals surface area (Å²) in [6, 6.07) is 11.4. The molecule has 6 nitrogen and oxygen atoms in total. The minimum absolute atomic E-state index is 0.0262. The Hall–Kier alpha value is -3.59. The third kappa shape index (κ3) is 5.13. The van der Waals surface area contributed by atoms with E-state index in [2.05, 4.69) is 4.98 Å². The minimum atomic E-state index is -1.35. The van der Waals surface area contributed by atoms with Gasteiger partial charge in [-0.3, -0.25) is 0 Å². The number of rotatable bonds is 8. The van der Waals surface area contributed by atoms with Crippen molar-refractivity contribution in [3.05, 3.63) is 71.5 Å². The van der Waals surface area contributed by atoms with E-state index in [-0.39, 0.29) is 18.7 Å². The molecule has 3 N–H and O–H groups in total. The lowest BCUT2D eigenvalue weighted by Gasteiger charge is -2.14. The first-order chi connectivity index (χ1) is 14.8. The van der Waals surface area contributed by atoms with Crippen LogP contribution in [0.5, 0.6) is 17.5 Å². The molecule has 3 aromatic rings. The first kappa shape index (κ1) is 22.1. The van der Waals surface area contributed by atoms with E-state index in [1.54, 1.807) is 30.3 Å². The second-order valence-corrected chi connectivity index (χ2v) is 6.56. The number of nitrogens with zero attached hydrogens (tertiary/aromatic N) is 1. The van der Waals surface area contributed by atoms with Crippen molar-refractivity contribution in [2.45, 2.75) is 26.0 Å². The Morgan fingerprint density at radius 2 is 1.74 bits per heavy atom. The van der Waals surface area contributed by atoms with Gasteiger partial charge in [-0.05, 0) is 41.8 Å². The Labute approximate surface area is 176 Å². The lowest BCUT2D eigenvalue weighted by atomic mass is 10.0. The minimum Gasteiger partial charge on any atom is -0.479 e. The predicted octanol–water partition coefficient (Wildman–Crippen LogP) is 4.66. The summed E-state index contributed by atoms with van der Waals surface area (Å²) in [6.45, 7) is 1.56. The van der Waals surface area contributed by atoms with Crippen molar-refractivity contribution in [3.8, 4) is 28.6 Å². The summed E-state index contributed by atoms with van der Waals surface area (Å²) in [7, 11) is 0. The molecule has 0 saturated heterocycles. The Bertz CT molecular complexity index is 1110. The van der Waals surface area contributed by atoms with Crippen LogP contribution in [0.1, 0.15) is 18.9 Å². The van der Waals surface area contributed by atoms with Gasteiger partial charge in [-0.2, -0.15) is 4.98 Å². The third-order valence-corrected chi connectivity index (χ3v) is 4.41. The van der Waals surface area contributed by atoms with Crippen molar-refractivity contribution >= 4 is 5.97 Å². The number of carboxylic acid groups (broad SMARTS) is 1. The molecule has 0 aliphatic carbocycles. The number of carboxylic acids is 1. The molecular weight excluding hydrogens is 413 g/mol. The van der Waals surface area contributed by atoms with Gasteiger partial charge in [0.2, 0.25) is 0 Å². The molecule has 31 heavy (non-hydrogen) atoms. The van der Waals surface area contributed by atoms with Gasteiger partial charge in [0.1, 0.15) is 11.6 Å². The molecule has 0 spiro atoms. The van der Waals surface area contributed by atoms with Gasteiger partial charge in [0.05, 0.1) is 0 Å². The SMILES string of the molecule is CCC(Oc1nc(Oc2cccc(-c3ccc(F)c(CN)c3)c2)c(F)cc1F)C(=O)O. The van der Waals surface area contributed by atoms with E-state index >= 15 is 0 Å². The molecule has 1 atom stereocenters. The second kappa shape index (κ2) is 9.48. The predicted molar refractivity (Wildman–Crippen MR) is 106 cm³/mol. The summed E-state index contributed by atoms with van der Waals surface area (Å²) in [4.78, 5) is 14.8. The largest absolute Gasteiger partial charge is 0.479 e. The van der Waals surface area contributed by atoms with E-state index in [4.69, 9.17) is 20.3 Å². The van der Waals surface area contributed by atoms with Crippen molar-refractivity contribution in [3.63, 3.8) is 0 Å². The number of nitrogens with two attached hydrogens (primary N) is 1. The highest BCUT2D eigenvalue weighted by molar-refractivity contribution is 5.72. The molecule has 9 heteroatoms. The van der Waals surface area contributed by atoms with E-state index in [9.17, 15) is 18.0 Å². The van der Waals surface area contributed by atoms with Gasteiger partial charge in [0.25, 0.3) is 11.8 Å². The highest BCUT2D eigenvalue weighted by Crippen LogP contribution is 2.31. The van der Waals surface area contributed by atoms with Crippen LogP contribution in [-0.2, 0) is 11.3 Å². The van der Waals surface area contributed by atoms with E-state index in [0.717, 1.165) is 0 Å². The van der Waals surface area contributed by atoms with Crippen LogP contribution in [0, 0.1) is 17.5 Å². The third-order valence-electron chi connectivity index (χ3n) is 4.41. The zero-order valence-corrected chi connectivity index (χ0v) is 16.4. The van der Waals surface area contributed by atoms with Crippen LogP contribution in [0.2, 0.25) is 0 Å². The molecule has 0 saturated carbocycles. The van der Waals surface area contributed by atoms with E-state index in [1.165, 1.54) is 19.1 Å². The molecule has 0 aliphatic rings. The van der Waals surface area contributed by atoms with Gasteiger partial charge in [0, 0.05) is 18.2 Å². The molecule has 3 rings (SSSR count). The molecule has 0 radical (unpaired) electrons. The number of aliphatic carboxylic acids is 1. The van der Waals surface area contributed by atoms with Gasteiger partial charge >= 0.3 is 5.97 Å². The van der Waals surface area contributed by atoms with Crippen molar-refractivity contribution in [2.24, 2.45) is 5.73 Å². The summed E-state index contributed by atoms with van der Waals surface area (Å²) < 4.78 is 52.4. The fourth-order valence-electron chi connectivity index (χ4n) is 2.79. The fraction of sp³-hybridized carbons (Fsp3) is 0.182. The number of aromatic nitrogens is 1. The highest BCUT2D eigenvalue weighted by atomic mass is 19.1. The number of ether oxygens (including phenoxy) is 2. The number of halogens is 3. The lowest BCUT2D eigenvalue weighted by molar-refractivity contribution is -0.145. The number of benzene rings is 2. The van der Waals surface area contributed by atoms with E-state index < -0.39 is 41.3 Å². The first-order valence-corrected chi connectivity index (χ1v) is 9.34. The Morgan fingerprint density at radius 3 is 2.42 bits per heavy atom. The van der Waals surface area contributed by atoms with Crippen LogP contribution in [0.3, 0.4) is 0 Å². The van der Waals surface area contributed by atoms with Gasteiger partial charge in [-0.15, -0.1) is 0 Å². The molecule has 1 unspecified atom stereocenters. The molecule has 0 aliphatic heterocycles. The normalized spacial score (nSPS) is 11.8. The maximum Gasteiger partial charge on any atom is 0.344 e. The van der Waals surface area contributed by atoms with Crippen LogP contribution >= 0.6 is 0 Å². The zero-order chi connectivity index (χ0) is 22.5. The molecule has 2 aromatic carbocycles. The zero-order valence-electron chi connectivity index (χ0n) is 16.4. The van der Waals surface area contributed by atoms with Gasteiger partial charge < -0.3 is 20.3 Å². The highest BCUT2D eigenvalue weighted by Gasteiger charge is 2.22. The average molecular weight is 432 g/mol. The quantitative estimate of drug-likeness (QED) is 0.538.